The molecule has 2 atom stereocenters. The lowest BCUT2D eigenvalue weighted by atomic mass is 9.68. The topological polar surface area (TPSA) is 63.6 Å². The van der Waals surface area contributed by atoms with Gasteiger partial charge in [-0.15, -0.1) is 0 Å². The average molecular weight is 475 g/mol. The van der Waals surface area contributed by atoms with Gasteiger partial charge in [-0.25, -0.2) is 8.42 Å². The molecule has 1 aromatic carbocycles. The SMILES string of the molecule is CCCCCCC(C)(C)c1cc(O)c2c(c1)OC(C)(C)[C@@H]1CC=C(S(=O)(=O)CC3CC3)C[C@@H]21. The lowest BCUT2D eigenvalue weighted by molar-refractivity contribution is 0.00792. The van der Waals surface area contributed by atoms with Crippen molar-refractivity contribution < 1.29 is 18.3 Å². The van der Waals surface area contributed by atoms with Crippen LogP contribution in [0, 0.1) is 11.8 Å². The van der Waals surface area contributed by atoms with Gasteiger partial charge in [0.15, 0.2) is 9.84 Å². The first-order valence-corrected chi connectivity index (χ1v) is 14.6. The fourth-order valence-corrected chi connectivity index (χ4v) is 7.80. The Morgan fingerprint density at radius 1 is 1.15 bits per heavy atom. The molecule has 1 aromatic rings. The van der Waals surface area contributed by atoms with E-state index in [-0.39, 0.29) is 28.8 Å². The van der Waals surface area contributed by atoms with E-state index >= 15 is 0 Å². The van der Waals surface area contributed by atoms with Crippen molar-refractivity contribution in [2.75, 3.05) is 5.75 Å². The molecule has 0 amide bonds. The van der Waals surface area contributed by atoms with Crippen LogP contribution in [0.5, 0.6) is 11.5 Å². The van der Waals surface area contributed by atoms with E-state index in [0.717, 1.165) is 36.1 Å². The number of hydrogen-bond acceptors (Lipinski definition) is 4. The summed E-state index contributed by atoms with van der Waals surface area (Å²) in [7, 11) is -3.23. The van der Waals surface area contributed by atoms with Crippen molar-refractivity contribution in [1.82, 2.24) is 0 Å². The van der Waals surface area contributed by atoms with Crippen LogP contribution in [0.15, 0.2) is 23.1 Å². The van der Waals surface area contributed by atoms with Crippen LogP contribution in [-0.2, 0) is 15.3 Å². The molecule has 2 aliphatic carbocycles. The van der Waals surface area contributed by atoms with Gasteiger partial charge in [-0.2, -0.15) is 0 Å². The smallest absolute Gasteiger partial charge is 0.174 e. The summed E-state index contributed by atoms with van der Waals surface area (Å²) in [4.78, 5) is 0.569. The summed E-state index contributed by atoms with van der Waals surface area (Å²) in [6, 6.07) is 4.03. The molecule has 3 aliphatic rings. The predicted octanol–water partition coefficient (Wildman–Crippen LogP) is 7.01. The highest BCUT2D eigenvalue weighted by molar-refractivity contribution is 7.95. The lowest BCUT2D eigenvalue weighted by Crippen LogP contribution is -2.46. The third kappa shape index (κ3) is 5.13. The third-order valence-electron chi connectivity index (χ3n) is 8.25. The molecular weight excluding hydrogens is 432 g/mol. The highest BCUT2D eigenvalue weighted by Crippen LogP contribution is 2.55. The number of benzene rings is 1. The van der Waals surface area contributed by atoms with Gasteiger partial charge in [-0.05, 0) is 75.0 Å². The number of fused-ring (bicyclic) bond motifs is 3. The zero-order chi connectivity index (χ0) is 24.0. The number of unbranched alkanes of at least 4 members (excludes halogenated alkanes) is 3. The van der Waals surface area contributed by atoms with Gasteiger partial charge in [0.2, 0.25) is 0 Å². The first-order chi connectivity index (χ1) is 15.4. The van der Waals surface area contributed by atoms with Crippen LogP contribution in [-0.4, -0.2) is 24.9 Å². The second-order valence-electron chi connectivity index (χ2n) is 11.9. The van der Waals surface area contributed by atoms with Crippen molar-refractivity contribution in [1.29, 1.82) is 0 Å². The van der Waals surface area contributed by atoms with E-state index in [9.17, 15) is 13.5 Å². The Kier molecular flexibility index (Phi) is 6.67. The van der Waals surface area contributed by atoms with Crippen molar-refractivity contribution >= 4 is 9.84 Å². The molecule has 1 fully saturated rings. The largest absolute Gasteiger partial charge is 0.508 e. The summed E-state index contributed by atoms with van der Waals surface area (Å²) in [5.41, 5.74) is 1.42. The van der Waals surface area contributed by atoms with Crippen LogP contribution in [0.2, 0.25) is 0 Å². The predicted molar refractivity (Wildman–Crippen MR) is 135 cm³/mol. The minimum Gasteiger partial charge on any atom is -0.508 e. The van der Waals surface area contributed by atoms with E-state index in [1.54, 1.807) is 0 Å². The molecule has 0 unspecified atom stereocenters. The van der Waals surface area contributed by atoms with Gasteiger partial charge in [-0.1, -0.05) is 52.5 Å². The van der Waals surface area contributed by atoms with Crippen LogP contribution < -0.4 is 4.74 Å². The number of ether oxygens (including phenoxy) is 1. The normalized spacial score (nSPS) is 24.5. The Hall–Kier alpha value is -1.49. The molecule has 5 heteroatoms. The van der Waals surface area contributed by atoms with Gasteiger partial charge < -0.3 is 9.84 Å². The molecule has 0 bridgehead atoms. The van der Waals surface area contributed by atoms with E-state index in [2.05, 4.69) is 40.7 Å². The van der Waals surface area contributed by atoms with E-state index in [0.29, 0.717) is 23.7 Å². The summed E-state index contributed by atoms with van der Waals surface area (Å²) in [5, 5.41) is 11.2. The van der Waals surface area contributed by atoms with Crippen molar-refractivity contribution in [3.63, 3.8) is 0 Å². The second-order valence-corrected chi connectivity index (χ2v) is 13.9. The Morgan fingerprint density at radius 3 is 2.55 bits per heavy atom. The monoisotopic (exact) mass is 474 g/mol. The number of hydrogen-bond donors (Lipinski definition) is 1. The molecule has 33 heavy (non-hydrogen) atoms. The standard InChI is InChI=1S/C28H42O4S/c1-6-7-8-9-14-27(2,3)20-15-24(29)26-22-17-21(33(30,31)18-19-10-11-19)12-13-23(22)28(4,5)32-25(26)16-20/h12,15-16,19,22-23,29H,6-11,13-14,17-18H2,1-5H3/t22-,23-/m1/s1. The molecule has 0 aromatic heterocycles. The van der Waals surface area contributed by atoms with Crippen LogP contribution in [0.25, 0.3) is 0 Å². The highest BCUT2D eigenvalue weighted by atomic mass is 32.2. The van der Waals surface area contributed by atoms with E-state index in [1.807, 2.05) is 12.1 Å². The first kappa shape index (κ1) is 24.6. The van der Waals surface area contributed by atoms with E-state index in [4.69, 9.17) is 4.74 Å². The fourth-order valence-electron chi connectivity index (χ4n) is 5.85. The van der Waals surface area contributed by atoms with Gasteiger partial charge in [0.05, 0.1) is 5.75 Å². The Bertz CT molecular complexity index is 1010. The zero-order valence-corrected chi connectivity index (χ0v) is 21.9. The third-order valence-corrected chi connectivity index (χ3v) is 10.3. The minimum atomic E-state index is -3.23. The van der Waals surface area contributed by atoms with Crippen LogP contribution in [0.1, 0.15) is 109 Å². The van der Waals surface area contributed by atoms with E-state index in [1.165, 1.54) is 25.7 Å². The molecule has 1 heterocycles. The molecule has 184 valence electrons. The van der Waals surface area contributed by atoms with Crippen molar-refractivity contribution in [3.8, 4) is 11.5 Å². The number of rotatable bonds is 9. The minimum absolute atomic E-state index is 0.0422. The quantitative estimate of drug-likeness (QED) is 0.391. The molecule has 1 saturated carbocycles. The molecule has 0 saturated heterocycles. The Morgan fingerprint density at radius 2 is 1.88 bits per heavy atom. The summed E-state index contributed by atoms with van der Waals surface area (Å²) in [5.74, 6) is 1.71. The second kappa shape index (κ2) is 8.94. The molecule has 0 spiro atoms. The summed E-state index contributed by atoms with van der Waals surface area (Å²) in [6.07, 6.45) is 11.1. The van der Waals surface area contributed by atoms with Gasteiger partial charge in [-0.3, -0.25) is 0 Å². The number of sulfone groups is 1. The number of phenolic OH excluding ortho intramolecular Hbond substituents is 1. The molecule has 4 nitrogen and oxygen atoms in total. The van der Waals surface area contributed by atoms with Gasteiger partial charge in [0, 0.05) is 22.3 Å². The number of phenols is 1. The van der Waals surface area contributed by atoms with Crippen molar-refractivity contribution in [2.45, 2.75) is 109 Å². The maximum absolute atomic E-state index is 13.0. The van der Waals surface area contributed by atoms with Crippen LogP contribution in [0.4, 0.5) is 0 Å². The number of allylic oxidation sites excluding steroid dienone is 2. The highest BCUT2D eigenvalue weighted by Gasteiger charge is 2.48. The van der Waals surface area contributed by atoms with E-state index < -0.39 is 15.4 Å². The van der Waals surface area contributed by atoms with Gasteiger partial charge in [0.1, 0.15) is 17.1 Å². The van der Waals surface area contributed by atoms with Gasteiger partial charge in [0.25, 0.3) is 0 Å². The Balaban J connectivity index is 1.64. The molecule has 4 rings (SSSR count). The molecule has 1 aliphatic heterocycles. The molecule has 0 radical (unpaired) electrons. The number of aromatic hydroxyl groups is 1. The maximum Gasteiger partial charge on any atom is 0.174 e. The first-order valence-electron chi connectivity index (χ1n) is 12.9. The van der Waals surface area contributed by atoms with Crippen molar-refractivity contribution in [3.05, 3.63) is 34.2 Å². The fraction of sp³-hybridized carbons (Fsp3) is 0.714. The lowest BCUT2D eigenvalue weighted by Gasteiger charge is -2.47. The summed E-state index contributed by atoms with van der Waals surface area (Å²) in [6.45, 7) is 10.9. The van der Waals surface area contributed by atoms with Gasteiger partial charge >= 0.3 is 0 Å². The Labute approximate surface area is 200 Å². The molecular formula is C28H42O4S. The van der Waals surface area contributed by atoms with Crippen LogP contribution >= 0.6 is 0 Å². The van der Waals surface area contributed by atoms with Crippen molar-refractivity contribution in [2.24, 2.45) is 11.8 Å². The summed E-state index contributed by atoms with van der Waals surface area (Å²) < 4.78 is 32.6. The average Bonchev–Trinajstić information content (AvgIpc) is 3.53. The summed E-state index contributed by atoms with van der Waals surface area (Å²) >= 11 is 0. The molecule has 1 N–H and O–H groups in total. The maximum atomic E-state index is 13.0. The zero-order valence-electron chi connectivity index (χ0n) is 21.1. The van der Waals surface area contributed by atoms with Crippen LogP contribution in [0.3, 0.4) is 0 Å².